The zero-order chi connectivity index (χ0) is 18.5. The molecule has 1 aromatic rings. The standard InChI is InChI=1S/C19H28N2O5/c1-24-15-11-16(19(22)23)17(18(12-15)25-2)13-20-5-7-21(8-6-20)14-3-9-26-10-4-14/h11-12,14H,3-10,13H2,1-2H3,(H,22,23). The van der Waals surface area contributed by atoms with E-state index in [1.54, 1.807) is 19.2 Å². The van der Waals surface area contributed by atoms with Crippen LogP contribution in [0.5, 0.6) is 11.5 Å². The number of hydrogen-bond acceptors (Lipinski definition) is 6. The molecule has 0 aromatic heterocycles. The Hall–Kier alpha value is -1.83. The maximum Gasteiger partial charge on any atom is 0.336 e. The van der Waals surface area contributed by atoms with Crippen molar-refractivity contribution in [1.29, 1.82) is 0 Å². The number of rotatable bonds is 6. The number of piperazine rings is 1. The fourth-order valence-corrected chi connectivity index (χ4v) is 3.83. The summed E-state index contributed by atoms with van der Waals surface area (Å²) in [6.07, 6.45) is 2.21. The van der Waals surface area contributed by atoms with Gasteiger partial charge >= 0.3 is 5.97 Å². The van der Waals surface area contributed by atoms with Gasteiger partial charge in [-0.2, -0.15) is 0 Å². The number of carboxylic acids is 1. The van der Waals surface area contributed by atoms with Crippen LogP contribution in [0.4, 0.5) is 0 Å². The van der Waals surface area contributed by atoms with Crippen LogP contribution < -0.4 is 9.47 Å². The minimum Gasteiger partial charge on any atom is -0.497 e. The molecule has 2 fully saturated rings. The minimum absolute atomic E-state index is 0.244. The van der Waals surface area contributed by atoms with E-state index in [2.05, 4.69) is 9.80 Å². The lowest BCUT2D eigenvalue weighted by Gasteiger charge is -2.40. The Kier molecular flexibility index (Phi) is 6.34. The average Bonchev–Trinajstić information content (AvgIpc) is 2.69. The average molecular weight is 364 g/mol. The number of ether oxygens (including phenoxy) is 3. The van der Waals surface area contributed by atoms with Crippen LogP contribution in [0.3, 0.4) is 0 Å². The molecule has 144 valence electrons. The third-order valence-electron chi connectivity index (χ3n) is 5.36. The zero-order valence-electron chi connectivity index (χ0n) is 15.6. The third-order valence-corrected chi connectivity index (χ3v) is 5.36. The fourth-order valence-electron chi connectivity index (χ4n) is 3.83. The van der Waals surface area contributed by atoms with Crippen LogP contribution in [0.2, 0.25) is 0 Å². The topological polar surface area (TPSA) is 71.5 Å². The van der Waals surface area contributed by atoms with Crippen LogP contribution in [0.25, 0.3) is 0 Å². The number of benzene rings is 1. The zero-order valence-corrected chi connectivity index (χ0v) is 15.6. The summed E-state index contributed by atoms with van der Waals surface area (Å²) in [5.41, 5.74) is 0.952. The molecule has 0 unspecified atom stereocenters. The van der Waals surface area contributed by atoms with Crippen molar-refractivity contribution in [1.82, 2.24) is 9.80 Å². The molecule has 26 heavy (non-hydrogen) atoms. The summed E-state index contributed by atoms with van der Waals surface area (Å²) in [4.78, 5) is 16.6. The van der Waals surface area contributed by atoms with Gasteiger partial charge in [0.25, 0.3) is 0 Å². The summed E-state index contributed by atoms with van der Waals surface area (Å²) in [6.45, 7) is 6.14. The highest BCUT2D eigenvalue weighted by atomic mass is 16.5. The highest BCUT2D eigenvalue weighted by molar-refractivity contribution is 5.91. The van der Waals surface area contributed by atoms with Crippen molar-refractivity contribution in [3.8, 4) is 11.5 Å². The molecule has 0 radical (unpaired) electrons. The molecule has 7 nitrogen and oxygen atoms in total. The van der Waals surface area contributed by atoms with Gasteiger partial charge in [0.2, 0.25) is 0 Å². The summed E-state index contributed by atoms with van der Waals surface area (Å²) >= 11 is 0. The molecular formula is C19H28N2O5. The smallest absolute Gasteiger partial charge is 0.336 e. The molecule has 2 aliphatic heterocycles. The highest BCUT2D eigenvalue weighted by Crippen LogP contribution is 2.30. The van der Waals surface area contributed by atoms with Gasteiger partial charge in [0, 0.05) is 63.6 Å². The predicted molar refractivity (Wildman–Crippen MR) is 97.2 cm³/mol. The summed E-state index contributed by atoms with van der Waals surface area (Å²) in [5, 5.41) is 9.60. The van der Waals surface area contributed by atoms with Gasteiger partial charge in [-0.25, -0.2) is 4.79 Å². The van der Waals surface area contributed by atoms with Gasteiger partial charge in [0.1, 0.15) is 11.5 Å². The third kappa shape index (κ3) is 4.28. The molecule has 1 aromatic carbocycles. The molecule has 2 saturated heterocycles. The normalized spacial score (nSPS) is 20.1. The molecule has 0 aliphatic carbocycles. The second-order valence-electron chi connectivity index (χ2n) is 6.82. The van der Waals surface area contributed by atoms with Crippen LogP contribution in [-0.4, -0.2) is 80.5 Å². The second kappa shape index (κ2) is 8.70. The molecule has 0 atom stereocenters. The highest BCUT2D eigenvalue weighted by Gasteiger charge is 2.27. The summed E-state index contributed by atoms with van der Waals surface area (Å²) in [5.74, 6) is 0.0963. The van der Waals surface area contributed by atoms with E-state index in [1.165, 1.54) is 7.11 Å². The molecular weight excluding hydrogens is 336 g/mol. The number of nitrogens with zero attached hydrogens (tertiary/aromatic N) is 2. The van der Waals surface area contributed by atoms with E-state index in [-0.39, 0.29) is 5.56 Å². The lowest BCUT2D eigenvalue weighted by molar-refractivity contribution is 0.0125. The molecule has 0 bridgehead atoms. The molecule has 0 amide bonds. The summed E-state index contributed by atoms with van der Waals surface area (Å²) in [7, 11) is 3.09. The number of carboxylic acid groups (broad SMARTS) is 1. The van der Waals surface area contributed by atoms with Crippen LogP contribution in [0.15, 0.2) is 12.1 Å². The maximum atomic E-state index is 11.7. The molecule has 2 heterocycles. The Morgan fingerprint density at radius 3 is 2.42 bits per heavy atom. The number of hydrogen-bond donors (Lipinski definition) is 1. The van der Waals surface area contributed by atoms with E-state index in [0.717, 1.165) is 52.2 Å². The van der Waals surface area contributed by atoms with E-state index < -0.39 is 5.97 Å². The van der Waals surface area contributed by atoms with Crippen molar-refractivity contribution in [3.05, 3.63) is 23.3 Å². The Labute approximate surface area is 154 Å². The van der Waals surface area contributed by atoms with Gasteiger partial charge in [-0.3, -0.25) is 9.80 Å². The van der Waals surface area contributed by atoms with Crippen LogP contribution in [0, 0.1) is 0 Å². The number of aromatic carboxylic acids is 1. The number of carbonyl (C=O) groups is 1. The predicted octanol–water partition coefficient (Wildman–Crippen LogP) is 1.70. The number of methoxy groups -OCH3 is 2. The van der Waals surface area contributed by atoms with Gasteiger partial charge in [-0.05, 0) is 18.9 Å². The van der Waals surface area contributed by atoms with Gasteiger partial charge in [0.15, 0.2) is 0 Å². The Morgan fingerprint density at radius 1 is 1.15 bits per heavy atom. The van der Waals surface area contributed by atoms with Crippen molar-refractivity contribution in [2.75, 3.05) is 53.6 Å². The van der Waals surface area contributed by atoms with Gasteiger partial charge in [0.05, 0.1) is 19.8 Å². The van der Waals surface area contributed by atoms with Crippen LogP contribution >= 0.6 is 0 Å². The van der Waals surface area contributed by atoms with E-state index in [0.29, 0.717) is 29.6 Å². The Balaban J connectivity index is 1.68. The van der Waals surface area contributed by atoms with E-state index in [4.69, 9.17) is 14.2 Å². The van der Waals surface area contributed by atoms with Crippen molar-refractivity contribution >= 4 is 5.97 Å². The van der Waals surface area contributed by atoms with Crippen molar-refractivity contribution in [3.63, 3.8) is 0 Å². The first-order valence-corrected chi connectivity index (χ1v) is 9.14. The van der Waals surface area contributed by atoms with Gasteiger partial charge in [-0.15, -0.1) is 0 Å². The quantitative estimate of drug-likeness (QED) is 0.824. The molecule has 1 N–H and O–H groups in total. The van der Waals surface area contributed by atoms with Crippen molar-refractivity contribution in [2.24, 2.45) is 0 Å². The lowest BCUT2D eigenvalue weighted by atomic mass is 10.0. The van der Waals surface area contributed by atoms with Crippen LogP contribution in [-0.2, 0) is 11.3 Å². The largest absolute Gasteiger partial charge is 0.497 e. The Bertz CT molecular complexity index is 623. The maximum absolute atomic E-state index is 11.7. The summed E-state index contributed by atoms with van der Waals surface area (Å²) in [6, 6.07) is 3.94. The van der Waals surface area contributed by atoms with Crippen LogP contribution in [0.1, 0.15) is 28.8 Å². The molecule has 0 spiro atoms. The first-order chi connectivity index (χ1) is 12.6. The van der Waals surface area contributed by atoms with Crippen molar-refractivity contribution in [2.45, 2.75) is 25.4 Å². The van der Waals surface area contributed by atoms with E-state index in [1.807, 2.05) is 0 Å². The SMILES string of the molecule is COc1cc(OC)c(CN2CCN(C3CCOCC3)CC2)c(C(=O)O)c1. The molecule has 3 rings (SSSR count). The Morgan fingerprint density at radius 2 is 1.85 bits per heavy atom. The summed E-state index contributed by atoms with van der Waals surface area (Å²) < 4.78 is 16.1. The lowest BCUT2D eigenvalue weighted by Crippen LogP contribution is -2.51. The molecule has 7 heteroatoms. The first kappa shape index (κ1) is 18.9. The van der Waals surface area contributed by atoms with E-state index >= 15 is 0 Å². The van der Waals surface area contributed by atoms with Crippen molar-refractivity contribution < 1.29 is 24.1 Å². The second-order valence-corrected chi connectivity index (χ2v) is 6.82. The molecule has 2 aliphatic rings. The molecule has 0 saturated carbocycles. The first-order valence-electron chi connectivity index (χ1n) is 9.14. The minimum atomic E-state index is -0.960. The van der Waals surface area contributed by atoms with E-state index in [9.17, 15) is 9.90 Å². The monoisotopic (exact) mass is 364 g/mol. The van der Waals surface area contributed by atoms with Gasteiger partial charge in [-0.1, -0.05) is 0 Å². The van der Waals surface area contributed by atoms with Gasteiger partial charge < -0.3 is 19.3 Å². The fraction of sp³-hybridized carbons (Fsp3) is 0.632.